The van der Waals surface area contributed by atoms with E-state index in [0.717, 1.165) is 12.1 Å². The molecular weight excluding hydrogens is 389 g/mol. The van der Waals surface area contributed by atoms with Crippen LogP contribution in [0.5, 0.6) is 11.5 Å². The second kappa shape index (κ2) is 7.31. The number of hydrogen-bond acceptors (Lipinski definition) is 4. The lowest BCUT2D eigenvalue weighted by atomic mass is 10.1. The zero-order valence-corrected chi connectivity index (χ0v) is 15.2. The van der Waals surface area contributed by atoms with E-state index in [4.69, 9.17) is 9.47 Å². The van der Waals surface area contributed by atoms with Gasteiger partial charge in [-0.1, -0.05) is 12.1 Å². The second-order valence-corrected chi connectivity index (χ2v) is 6.86. The first-order valence-corrected chi connectivity index (χ1v) is 8.95. The van der Waals surface area contributed by atoms with Gasteiger partial charge in [-0.2, -0.15) is 13.2 Å². The largest absolute Gasteiger partial charge is 0.454 e. The molecule has 2 aliphatic rings. The van der Waals surface area contributed by atoms with Gasteiger partial charge >= 0.3 is 6.18 Å². The number of benzene rings is 2. The fourth-order valence-electron chi connectivity index (χ4n) is 3.33. The van der Waals surface area contributed by atoms with Crippen molar-refractivity contribution in [3.63, 3.8) is 0 Å². The molecule has 0 saturated carbocycles. The van der Waals surface area contributed by atoms with Crippen molar-refractivity contribution in [2.45, 2.75) is 19.1 Å². The van der Waals surface area contributed by atoms with Gasteiger partial charge in [-0.05, 0) is 29.8 Å². The Labute approximate surface area is 164 Å². The lowest BCUT2D eigenvalue weighted by Crippen LogP contribution is -2.32. The predicted molar refractivity (Wildman–Crippen MR) is 96.3 cm³/mol. The SMILES string of the molecule is O=C(NCc1ccc(C(F)(F)F)cc1)[C@@H]1CC(=O)N(c2ccc3c(c2)OCO3)C1. The van der Waals surface area contributed by atoms with Crippen LogP contribution < -0.4 is 19.7 Å². The number of carbonyl (C=O) groups is 2. The zero-order chi connectivity index (χ0) is 20.6. The summed E-state index contributed by atoms with van der Waals surface area (Å²) in [6, 6.07) is 9.73. The predicted octanol–water partition coefficient (Wildman–Crippen LogP) is 3.10. The van der Waals surface area contributed by atoms with Gasteiger partial charge in [-0.25, -0.2) is 0 Å². The van der Waals surface area contributed by atoms with Crippen molar-refractivity contribution in [2.75, 3.05) is 18.2 Å². The van der Waals surface area contributed by atoms with E-state index < -0.39 is 17.7 Å². The number of ether oxygens (including phenoxy) is 2. The average Bonchev–Trinajstić information content (AvgIpc) is 3.31. The summed E-state index contributed by atoms with van der Waals surface area (Å²) in [5.41, 5.74) is 0.425. The Kier molecular flexibility index (Phi) is 4.81. The smallest absolute Gasteiger partial charge is 0.416 e. The van der Waals surface area contributed by atoms with Crippen molar-refractivity contribution in [1.82, 2.24) is 5.32 Å². The van der Waals surface area contributed by atoms with Crippen LogP contribution in [0.1, 0.15) is 17.5 Å². The van der Waals surface area contributed by atoms with E-state index in [2.05, 4.69) is 5.32 Å². The van der Waals surface area contributed by atoms with Crippen molar-refractivity contribution in [3.05, 3.63) is 53.6 Å². The Morgan fingerprint density at radius 1 is 1.10 bits per heavy atom. The molecule has 1 atom stereocenters. The third-order valence-electron chi connectivity index (χ3n) is 4.91. The van der Waals surface area contributed by atoms with Crippen molar-refractivity contribution in [3.8, 4) is 11.5 Å². The maximum Gasteiger partial charge on any atom is 0.416 e. The highest BCUT2D eigenvalue weighted by Crippen LogP contribution is 2.37. The Morgan fingerprint density at radius 3 is 2.55 bits per heavy atom. The number of anilines is 1. The van der Waals surface area contributed by atoms with Crippen LogP contribution in [0, 0.1) is 5.92 Å². The molecule has 29 heavy (non-hydrogen) atoms. The van der Waals surface area contributed by atoms with E-state index in [9.17, 15) is 22.8 Å². The first-order valence-electron chi connectivity index (χ1n) is 8.95. The van der Waals surface area contributed by atoms with Gasteiger partial charge in [0.15, 0.2) is 11.5 Å². The summed E-state index contributed by atoms with van der Waals surface area (Å²) in [6.45, 7) is 0.435. The molecule has 2 aromatic rings. The van der Waals surface area contributed by atoms with E-state index in [1.165, 1.54) is 17.0 Å². The molecule has 2 aromatic carbocycles. The number of carbonyl (C=O) groups excluding carboxylic acids is 2. The van der Waals surface area contributed by atoms with E-state index in [0.29, 0.717) is 22.7 Å². The Morgan fingerprint density at radius 2 is 1.83 bits per heavy atom. The molecule has 9 heteroatoms. The van der Waals surface area contributed by atoms with Crippen LogP contribution in [0.4, 0.5) is 18.9 Å². The van der Waals surface area contributed by atoms with Crippen LogP contribution in [-0.2, 0) is 22.3 Å². The monoisotopic (exact) mass is 406 g/mol. The van der Waals surface area contributed by atoms with Crippen LogP contribution in [0.2, 0.25) is 0 Å². The quantitative estimate of drug-likeness (QED) is 0.848. The number of nitrogens with one attached hydrogen (secondary N) is 1. The highest BCUT2D eigenvalue weighted by atomic mass is 19.4. The molecule has 6 nitrogen and oxygen atoms in total. The third-order valence-corrected chi connectivity index (χ3v) is 4.91. The van der Waals surface area contributed by atoms with Crippen LogP contribution in [0.25, 0.3) is 0 Å². The summed E-state index contributed by atoms with van der Waals surface area (Å²) in [7, 11) is 0. The highest BCUT2D eigenvalue weighted by Gasteiger charge is 2.35. The maximum absolute atomic E-state index is 12.6. The highest BCUT2D eigenvalue weighted by molar-refractivity contribution is 6.00. The Hall–Kier alpha value is -3.23. The van der Waals surface area contributed by atoms with Gasteiger partial charge in [0, 0.05) is 31.3 Å². The molecule has 1 saturated heterocycles. The normalized spacial score (nSPS) is 18.2. The van der Waals surface area contributed by atoms with Gasteiger partial charge in [0.2, 0.25) is 18.6 Å². The zero-order valence-electron chi connectivity index (χ0n) is 15.2. The van der Waals surface area contributed by atoms with Gasteiger partial charge in [-0.3, -0.25) is 9.59 Å². The summed E-state index contributed by atoms with van der Waals surface area (Å²) in [4.78, 5) is 26.3. The molecule has 0 aromatic heterocycles. The van der Waals surface area contributed by atoms with Gasteiger partial charge in [-0.15, -0.1) is 0 Å². The average molecular weight is 406 g/mol. The molecule has 0 aliphatic carbocycles. The van der Waals surface area contributed by atoms with Crippen molar-refractivity contribution in [2.24, 2.45) is 5.92 Å². The molecule has 0 unspecified atom stereocenters. The summed E-state index contributed by atoms with van der Waals surface area (Å²) in [6.07, 6.45) is -4.34. The minimum Gasteiger partial charge on any atom is -0.454 e. The summed E-state index contributed by atoms with van der Waals surface area (Å²) in [5, 5.41) is 2.69. The molecular formula is C20H17F3N2O4. The summed E-state index contributed by atoms with van der Waals surface area (Å²) in [5.74, 6) is 0.110. The number of fused-ring (bicyclic) bond motifs is 1. The lowest BCUT2D eigenvalue weighted by molar-refractivity contribution is -0.137. The molecule has 1 N–H and O–H groups in total. The van der Waals surface area contributed by atoms with Crippen molar-refractivity contribution >= 4 is 17.5 Å². The fraction of sp³-hybridized carbons (Fsp3) is 0.300. The summed E-state index contributed by atoms with van der Waals surface area (Å²) < 4.78 is 48.4. The first-order chi connectivity index (χ1) is 13.8. The number of rotatable bonds is 4. The van der Waals surface area contributed by atoms with Gasteiger partial charge in [0.1, 0.15) is 0 Å². The molecule has 2 amide bonds. The molecule has 0 bridgehead atoms. The topological polar surface area (TPSA) is 67.9 Å². The van der Waals surface area contributed by atoms with Gasteiger partial charge in [0.05, 0.1) is 11.5 Å². The van der Waals surface area contributed by atoms with Crippen LogP contribution >= 0.6 is 0 Å². The van der Waals surface area contributed by atoms with E-state index in [1.807, 2.05) is 0 Å². The fourth-order valence-corrected chi connectivity index (χ4v) is 3.33. The van der Waals surface area contributed by atoms with Crippen molar-refractivity contribution < 1.29 is 32.2 Å². The van der Waals surface area contributed by atoms with E-state index in [1.54, 1.807) is 18.2 Å². The minimum atomic E-state index is -4.40. The Bertz CT molecular complexity index is 944. The third kappa shape index (κ3) is 3.98. The number of hydrogen-bond donors (Lipinski definition) is 1. The Balaban J connectivity index is 1.36. The molecule has 2 aliphatic heterocycles. The van der Waals surface area contributed by atoms with Crippen LogP contribution in [0.15, 0.2) is 42.5 Å². The van der Waals surface area contributed by atoms with Gasteiger partial charge < -0.3 is 19.7 Å². The molecule has 152 valence electrons. The molecule has 1 fully saturated rings. The maximum atomic E-state index is 12.6. The molecule has 0 spiro atoms. The van der Waals surface area contributed by atoms with Crippen LogP contribution in [0.3, 0.4) is 0 Å². The number of amides is 2. The second-order valence-electron chi connectivity index (χ2n) is 6.86. The first kappa shape index (κ1) is 19.1. The van der Waals surface area contributed by atoms with E-state index in [-0.39, 0.29) is 38.1 Å². The molecule has 4 rings (SSSR count). The lowest BCUT2D eigenvalue weighted by Gasteiger charge is -2.17. The number of nitrogens with zero attached hydrogens (tertiary/aromatic N) is 1. The molecule has 0 radical (unpaired) electrons. The molecule has 2 heterocycles. The standard InChI is InChI=1S/C20H17F3N2O4/c21-20(22,23)14-3-1-12(2-4-14)9-24-19(27)13-7-18(26)25(10-13)15-5-6-16-17(8-15)29-11-28-16/h1-6,8,13H,7,9-11H2,(H,24,27)/t13-/m1/s1. The van der Waals surface area contributed by atoms with Crippen molar-refractivity contribution in [1.29, 1.82) is 0 Å². The minimum absolute atomic E-state index is 0.0628. The van der Waals surface area contributed by atoms with E-state index >= 15 is 0 Å². The number of halogens is 3. The number of alkyl halides is 3. The van der Waals surface area contributed by atoms with Gasteiger partial charge in [0.25, 0.3) is 0 Å². The summed E-state index contributed by atoms with van der Waals surface area (Å²) >= 11 is 0. The van der Waals surface area contributed by atoms with Crippen LogP contribution in [-0.4, -0.2) is 25.2 Å².